The third-order valence-corrected chi connectivity index (χ3v) is 3.80. The first kappa shape index (κ1) is 18.9. The van der Waals surface area contributed by atoms with Crippen LogP contribution in [0.4, 0.5) is 0 Å². The fourth-order valence-electron chi connectivity index (χ4n) is 2.37. The number of benzene rings is 2. The lowest BCUT2D eigenvalue weighted by molar-refractivity contribution is 0.211. The van der Waals surface area contributed by atoms with E-state index in [1.165, 1.54) is 18.9 Å². The number of rotatable bonds is 9. The van der Waals surface area contributed by atoms with E-state index in [2.05, 4.69) is 24.2 Å². The van der Waals surface area contributed by atoms with Crippen molar-refractivity contribution in [2.45, 2.75) is 19.8 Å². The molecular weight excluding hydrogens is 342 g/mol. The van der Waals surface area contributed by atoms with Gasteiger partial charge in [-0.05, 0) is 36.2 Å². The van der Waals surface area contributed by atoms with E-state index in [-0.39, 0.29) is 0 Å². The first-order valence-corrected chi connectivity index (χ1v) is 8.45. The standard InChI is InChI=1S/C19H22ClNO4/c1-3-4-14-5-7-16(8-6-14)24-9-10-25-19-17(20)11-15(13-21-22)12-18(19)23-2/h5-8,11-13,22H,3-4,9-10H2,1-2H3. The summed E-state index contributed by atoms with van der Waals surface area (Å²) in [5.74, 6) is 1.70. The molecule has 0 heterocycles. The quantitative estimate of drug-likeness (QED) is 0.307. The van der Waals surface area contributed by atoms with Crippen molar-refractivity contribution in [2.75, 3.05) is 20.3 Å². The smallest absolute Gasteiger partial charge is 0.179 e. The highest BCUT2D eigenvalue weighted by Crippen LogP contribution is 2.36. The molecule has 2 aromatic rings. The zero-order valence-electron chi connectivity index (χ0n) is 14.4. The maximum Gasteiger partial charge on any atom is 0.179 e. The Bertz CT molecular complexity index is 701. The van der Waals surface area contributed by atoms with E-state index in [1.54, 1.807) is 12.1 Å². The van der Waals surface area contributed by atoms with Crippen molar-refractivity contribution in [3.05, 3.63) is 52.5 Å². The lowest BCUT2D eigenvalue weighted by atomic mass is 10.1. The van der Waals surface area contributed by atoms with Crippen LogP contribution in [0.5, 0.6) is 17.2 Å². The molecule has 5 nitrogen and oxygen atoms in total. The molecule has 0 amide bonds. The lowest BCUT2D eigenvalue weighted by Crippen LogP contribution is -2.10. The van der Waals surface area contributed by atoms with E-state index in [9.17, 15) is 0 Å². The summed E-state index contributed by atoms with van der Waals surface area (Å²) >= 11 is 6.20. The Kier molecular flexibility index (Phi) is 7.41. The summed E-state index contributed by atoms with van der Waals surface area (Å²) in [7, 11) is 1.52. The van der Waals surface area contributed by atoms with Crippen LogP contribution in [0.2, 0.25) is 5.02 Å². The number of ether oxygens (including phenoxy) is 3. The van der Waals surface area contributed by atoms with Crippen LogP contribution in [-0.2, 0) is 6.42 Å². The molecule has 0 atom stereocenters. The van der Waals surface area contributed by atoms with E-state index in [4.69, 9.17) is 31.0 Å². The first-order chi connectivity index (χ1) is 12.2. The van der Waals surface area contributed by atoms with E-state index in [0.29, 0.717) is 35.3 Å². The highest BCUT2D eigenvalue weighted by molar-refractivity contribution is 6.32. The molecule has 0 aliphatic carbocycles. The summed E-state index contributed by atoms with van der Waals surface area (Å²) in [6.45, 7) is 2.86. The molecule has 134 valence electrons. The van der Waals surface area contributed by atoms with Gasteiger partial charge in [0.05, 0.1) is 18.3 Å². The highest BCUT2D eigenvalue weighted by atomic mass is 35.5. The predicted molar refractivity (Wildman–Crippen MR) is 98.8 cm³/mol. The van der Waals surface area contributed by atoms with Gasteiger partial charge in [-0.1, -0.05) is 42.2 Å². The van der Waals surface area contributed by atoms with Gasteiger partial charge in [-0.3, -0.25) is 0 Å². The Morgan fingerprint density at radius 1 is 1.12 bits per heavy atom. The Morgan fingerprint density at radius 3 is 2.48 bits per heavy atom. The van der Waals surface area contributed by atoms with Crippen molar-refractivity contribution in [1.82, 2.24) is 0 Å². The van der Waals surface area contributed by atoms with Crippen molar-refractivity contribution in [3.63, 3.8) is 0 Å². The number of halogens is 1. The number of methoxy groups -OCH3 is 1. The molecule has 0 saturated carbocycles. The fraction of sp³-hybridized carbons (Fsp3) is 0.316. The lowest BCUT2D eigenvalue weighted by Gasteiger charge is -2.13. The van der Waals surface area contributed by atoms with Crippen LogP contribution in [0.3, 0.4) is 0 Å². The topological polar surface area (TPSA) is 60.3 Å². The van der Waals surface area contributed by atoms with Crippen molar-refractivity contribution in [3.8, 4) is 17.2 Å². The van der Waals surface area contributed by atoms with Gasteiger partial charge in [0.1, 0.15) is 19.0 Å². The van der Waals surface area contributed by atoms with Gasteiger partial charge in [-0.25, -0.2) is 0 Å². The van der Waals surface area contributed by atoms with E-state index in [0.717, 1.165) is 18.6 Å². The Balaban J connectivity index is 1.90. The van der Waals surface area contributed by atoms with Crippen molar-refractivity contribution < 1.29 is 19.4 Å². The highest BCUT2D eigenvalue weighted by Gasteiger charge is 2.11. The SMILES string of the molecule is CCCc1ccc(OCCOc2c(Cl)cc(C=NO)cc2OC)cc1. The second-order valence-corrected chi connectivity index (χ2v) is 5.78. The summed E-state index contributed by atoms with van der Waals surface area (Å²) in [4.78, 5) is 0. The summed E-state index contributed by atoms with van der Waals surface area (Å²) in [6.07, 6.45) is 3.46. The van der Waals surface area contributed by atoms with Gasteiger partial charge in [0.2, 0.25) is 0 Å². The first-order valence-electron chi connectivity index (χ1n) is 8.07. The Labute approximate surface area is 152 Å². The van der Waals surface area contributed by atoms with Crippen molar-refractivity contribution in [1.29, 1.82) is 0 Å². The molecule has 0 aromatic heterocycles. The molecule has 0 fully saturated rings. The number of hydrogen-bond acceptors (Lipinski definition) is 5. The average molecular weight is 364 g/mol. The minimum absolute atomic E-state index is 0.320. The van der Waals surface area contributed by atoms with Crippen molar-refractivity contribution in [2.24, 2.45) is 5.16 Å². The number of nitrogens with zero attached hydrogens (tertiary/aromatic N) is 1. The average Bonchev–Trinajstić information content (AvgIpc) is 2.61. The summed E-state index contributed by atoms with van der Waals surface area (Å²) < 4.78 is 16.6. The normalized spacial score (nSPS) is 10.8. The maximum atomic E-state index is 8.61. The number of aryl methyl sites for hydroxylation is 1. The molecule has 0 aliphatic heterocycles. The van der Waals surface area contributed by atoms with Crippen LogP contribution in [0.25, 0.3) is 0 Å². The summed E-state index contributed by atoms with van der Waals surface area (Å²) in [5.41, 5.74) is 1.91. The summed E-state index contributed by atoms with van der Waals surface area (Å²) in [5, 5.41) is 12.0. The zero-order valence-corrected chi connectivity index (χ0v) is 15.1. The zero-order chi connectivity index (χ0) is 18.1. The molecule has 1 N–H and O–H groups in total. The molecule has 0 spiro atoms. The van der Waals surface area contributed by atoms with Crippen LogP contribution < -0.4 is 14.2 Å². The monoisotopic (exact) mass is 363 g/mol. The van der Waals surface area contributed by atoms with Crippen LogP contribution in [0, 0.1) is 0 Å². The van der Waals surface area contributed by atoms with Crippen molar-refractivity contribution >= 4 is 17.8 Å². The Morgan fingerprint density at radius 2 is 1.84 bits per heavy atom. The van der Waals surface area contributed by atoms with Gasteiger partial charge in [0.25, 0.3) is 0 Å². The molecule has 0 bridgehead atoms. The molecule has 6 heteroatoms. The third-order valence-electron chi connectivity index (χ3n) is 3.52. The van der Waals surface area contributed by atoms with Gasteiger partial charge in [0.15, 0.2) is 11.5 Å². The van der Waals surface area contributed by atoms with E-state index >= 15 is 0 Å². The van der Waals surface area contributed by atoms with E-state index < -0.39 is 0 Å². The molecule has 2 rings (SSSR count). The molecule has 2 aromatic carbocycles. The minimum Gasteiger partial charge on any atom is -0.493 e. The summed E-state index contributed by atoms with van der Waals surface area (Å²) in [6, 6.07) is 11.4. The van der Waals surface area contributed by atoms with Gasteiger partial charge in [-0.15, -0.1) is 0 Å². The van der Waals surface area contributed by atoms with Crippen LogP contribution >= 0.6 is 11.6 Å². The second kappa shape index (κ2) is 9.79. The van der Waals surface area contributed by atoms with Gasteiger partial charge in [-0.2, -0.15) is 0 Å². The van der Waals surface area contributed by atoms with E-state index in [1.807, 2.05) is 12.1 Å². The predicted octanol–water partition coefficient (Wildman–Crippen LogP) is 4.57. The fourth-order valence-corrected chi connectivity index (χ4v) is 2.64. The number of oxime groups is 1. The van der Waals surface area contributed by atoms with Crippen LogP contribution in [0.15, 0.2) is 41.6 Å². The van der Waals surface area contributed by atoms with Gasteiger partial charge < -0.3 is 19.4 Å². The molecule has 0 saturated heterocycles. The van der Waals surface area contributed by atoms with Crippen LogP contribution in [-0.4, -0.2) is 31.7 Å². The van der Waals surface area contributed by atoms with Gasteiger partial charge >= 0.3 is 0 Å². The molecule has 25 heavy (non-hydrogen) atoms. The largest absolute Gasteiger partial charge is 0.493 e. The maximum absolute atomic E-state index is 8.61. The second-order valence-electron chi connectivity index (χ2n) is 5.37. The number of hydrogen-bond donors (Lipinski definition) is 1. The molecule has 0 unspecified atom stereocenters. The van der Waals surface area contributed by atoms with Gasteiger partial charge in [0, 0.05) is 5.56 Å². The third kappa shape index (κ3) is 5.57. The Hall–Kier alpha value is -2.40. The minimum atomic E-state index is 0.320. The molecule has 0 aliphatic rings. The molecule has 0 radical (unpaired) electrons. The molecular formula is C19H22ClNO4. The van der Waals surface area contributed by atoms with Crippen LogP contribution in [0.1, 0.15) is 24.5 Å².